The van der Waals surface area contributed by atoms with Gasteiger partial charge in [0, 0.05) is 19.3 Å². The molecule has 1 saturated heterocycles. The van der Waals surface area contributed by atoms with Crippen molar-refractivity contribution in [3.05, 3.63) is 18.0 Å². The molecule has 6 nitrogen and oxygen atoms in total. The Morgan fingerprint density at radius 3 is 2.67 bits per heavy atom. The molecule has 21 heavy (non-hydrogen) atoms. The Bertz CT molecular complexity index is 483. The molecule has 0 spiro atoms. The van der Waals surface area contributed by atoms with E-state index in [1.807, 2.05) is 0 Å². The lowest BCUT2D eigenvalue weighted by Crippen LogP contribution is -2.45. The Labute approximate surface area is 120 Å². The second kappa shape index (κ2) is 6.44. The number of likely N-dealkylation sites (N-methyl/N-ethyl adjacent to an activating group) is 1. The first-order valence-corrected chi connectivity index (χ1v) is 6.51. The zero-order chi connectivity index (χ0) is 15.5. The first-order chi connectivity index (χ1) is 9.86. The molecule has 1 aromatic rings. The highest BCUT2D eigenvalue weighted by atomic mass is 19.4. The minimum Gasteiger partial charge on any atom is -0.378 e. The van der Waals surface area contributed by atoms with Gasteiger partial charge in [-0.3, -0.25) is 14.4 Å². The maximum absolute atomic E-state index is 12.4. The summed E-state index contributed by atoms with van der Waals surface area (Å²) in [6.45, 7) is 2.37. The smallest absolute Gasteiger partial charge is 0.378 e. The number of ether oxygens (including phenoxy) is 1. The largest absolute Gasteiger partial charge is 0.435 e. The van der Waals surface area contributed by atoms with Gasteiger partial charge in [-0.15, -0.1) is 0 Å². The Kier molecular flexibility index (Phi) is 4.84. The summed E-state index contributed by atoms with van der Waals surface area (Å²) < 4.78 is 43.6. The molecule has 0 saturated carbocycles. The van der Waals surface area contributed by atoms with Crippen LogP contribution in [0, 0.1) is 0 Å². The molecule has 0 N–H and O–H groups in total. The summed E-state index contributed by atoms with van der Waals surface area (Å²) in [5, 5.41) is 3.45. The van der Waals surface area contributed by atoms with E-state index in [1.54, 1.807) is 16.8 Å². The molecular weight excluding hydrogens is 289 g/mol. The second-order valence-corrected chi connectivity index (χ2v) is 4.89. The van der Waals surface area contributed by atoms with Crippen LogP contribution < -0.4 is 0 Å². The van der Waals surface area contributed by atoms with Gasteiger partial charge in [0.15, 0.2) is 5.69 Å². The molecule has 0 aromatic carbocycles. The van der Waals surface area contributed by atoms with E-state index in [-0.39, 0.29) is 19.1 Å². The number of alkyl halides is 3. The fourth-order valence-electron chi connectivity index (χ4n) is 2.03. The van der Waals surface area contributed by atoms with Crippen molar-refractivity contribution in [1.82, 2.24) is 19.6 Å². The molecule has 1 fully saturated rings. The molecule has 0 atom stereocenters. The van der Waals surface area contributed by atoms with E-state index in [9.17, 15) is 18.0 Å². The highest BCUT2D eigenvalue weighted by Crippen LogP contribution is 2.27. The Balaban J connectivity index is 1.85. The van der Waals surface area contributed by atoms with Crippen LogP contribution in [-0.4, -0.2) is 65.4 Å². The zero-order valence-electron chi connectivity index (χ0n) is 11.6. The van der Waals surface area contributed by atoms with Gasteiger partial charge in [-0.25, -0.2) is 0 Å². The summed E-state index contributed by atoms with van der Waals surface area (Å²) in [7, 11) is 1.66. The fourth-order valence-corrected chi connectivity index (χ4v) is 2.03. The van der Waals surface area contributed by atoms with Crippen molar-refractivity contribution < 1.29 is 22.7 Å². The number of carbonyl (C=O) groups is 1. The molecule has 2 rings (SSSR count). The van der Waals surface area contributed by atoms with Crippen LogP contribution in [0.25, 0.3) is 0 Å². The van der Waals surface area contributed by atoms with E-state index in [0.29, 0.717) is 26.3 Å². The number of rotatable bonds is 4. The van der Waals surface area contributed by atoms with E-state index >= 15 is 0 Å². The molecule has 1 aliphatic heterocycles. The van der Waals surface area contributed by atoms with Crippen LogP contribution in [0.4, 0.5) is 13.2 Å². The lowest BCUT2D eigenvalue weighted by molar-refractivity contribution is -0.142. The molecular formula is C12H17F3N4O2. The molecule has 2 heterocycles. The van der Waals surface area contributed by atoms with E-state index < -0.39 is 11.9 Å². The van der Waals surface area contributed by atoms with Gasteiger partial charge >= 0.3 is 6.18 Å². The molecule has 118 valence electrons. The van der Waals surface area contributed by atoms with Crippen LogP contribution in [0.15, 0.2) is 12.3 Å². The normalized spacial score (nSPS) is 16.5. The molecule has 1 aliphatic rings. The number of halogens is 3. The average molecular weight is 306 g/mol. The van der Waals surface area contributed by atoms with Gasteiger partial charge < -0.3 is 9.64 Å². The van der Waals surface area contributed by atoms with Gasteiger partial charge in [0.2, 0.25) is 5.91 Å². The van der Waals surface area contributed by atoms with Crippen LogP contribution in [0.2, 0.25) is 0 Å². The summed E-state index contributed by atoms with van der Waals surface area (Å²) >= 11 is 0. The number of nitrogens with zero attached hydrogens (tertiary/aromatic N) is 4. The number of carbonyl (C=O) groups excluding carboxylic acids is 1. The van der Waals surface area contributed by atoms with Gasteiger partial charge in [-0.2, -0.15) is 18.3 Å². The van der Waals surface area contributed by atoms with Crippen molar-refractivity contribution >= 4 is 5.91 Å². The van der Waals surface area contributed by atoms with Crippen LogP contribution in [-0.2, 0) is 22.4 Å². The number of aromatic nitrogens is 2. The average Bonchev–Trinajstić information content (AvgIpc) is 2.88. The van der Waals surface area contributed by atoms with E-state index in [2.05, 4.69) is 5.10 Å². The lowest BCUT2D eigenvalue weighted by Gasteiger charge is -2.28. The predicted octanol–water partition coefficient (Wildman–Crippen LogP) is 0.650. The van der Waals surface area contributed by atoms with Crippen molar-refractivity contribution in [2.75, 3.05) is 39.9 Å². The van der Waals surface area contributed by atoms with E-state index in [4.69, 9.17) is 4.74 Å². The third kappa shape index (κ3) is 4.43. The van der Waals surface area contributed by atoms with Gasteiger partial charge in [0.1, 0.15) is 0 Å². The third-order valence-electron chi connectivity index (χ3n) is 3.09. The topological polar surface area (TPSA) is 50.6 Å². The number of hydrogen-bond donors (Lipinski definition) is 0. The Morgan fingerprint density at radius 1 is 1.43 bits per heavy atom. The third-order valence-corrected chi connectivity index (χ3v) is 3.09. The monoisotopic (exact) mass is 306 g/mol. The lowest BCUT2D eigenvalue weighted by atomic mass is 10.4. The minimum absolute atomic E-state index is 0.0657. The van der Waals surface area contributed by atoms with E-state index in [0.717, 1.165) is 10.7 Å². The maximum atomic E-state index is 12.4. The first kappa shape index (κ1) is 15.8. The van der Waals surface area contributed by atoms with Crippen LogP contribution >= 0.6 is 0 Å². The fraction of sp³-hybridized carbons (Fsp3) is 0.667. The maximum Gasteiger partial charge on any atom is 0.435 e. The summed E-state index contributed by atoms with van der Waals surface area (Å²) in [6.07, 6.45) is -3.20. The summed E-state index contributed by atoms with van der Waals surface area (Å²) in [5.41, 5.74) is -0.935. The molecule has 0 aliphatic carbocycles. The predicted molar refractivity (Wildman–Crippen MR) is 67.3 cm³/mol. The number of amides is 1. The molecule has 1 aromatic heterocycles. The summed E-state index contributed by atoms with van der Waals surface area (Å²) in [4.78, 5) is 15.3. The number of morpholine rings is 1. The zero-order valence-corrected chi connectivity index (χ0v) is 11.6. The van der Waals surface area contributed by atoms with Gasteiger partial charge in [-0.1, -0.05) is 0 Å². The summed E-state index contributed by atoms with van der Waals surface area (Å²) in [6, 6.07) is 0.914. The van der Waals surface area contributed by atoms with Crippen LogP contribution in [0.3, 0.4) is 0 Å². The van der Waals surface area contributed by atoms with Gasteiger partial charge in [0.25, 0.3) is 0 Å². The first-order valence-electron chi connectivity index (χ1n) is 6.51. The Morgan fingerprint density at radius 2 is 2.10 bits per heavy atom. The highest BCUT2D eigenvalue weighted by Gasteiger charge is 2.33. The molecule has 0 bridgehead atoms. The van der Waals surface area contributed by atoms with Crippen LogP contribution in [0.5, 0.6) is 0 Å². The van der Waals surface area contributed by atoms with Crippen molar-refractivity contribution in [2.24, 2.45) is 0 Å². The van der Waals surface area contributed by atoms with Gasteiger partial charge in [-0.05, 0) is 13.1 Å². The second-order valence-electron chi connectivity index (χ2n) is 4.89. The highest BCUT2D eigenvalue weighted by molar-refractivity contribution is 5.78. The SMILES string of the molecule is CN(CC(=O)N1CCOCC1)Cn1ccc(C(F)(F)F)n1. The van der Waals surface area contributed by atoms with Gasteiger partial charge in [0.05, 0.1) is 26.4 Å². The van der Waals surface area contributed by atoms with Crippen molar-refractivity contribution in [3.8, 4) is 0 Å². The molecule has 1 amide bonds. The molecule has 0 radical (unpaired) electrons. The van der Waals surface area contributed by atoms with Crippen molar-refractivity contribution in [2.45, 2.75) is 12.8 Å². The summed E-state index contributed by atoms with van der Waals surface area (Å²) in [5.74, 6) is -0.0657. The molecule has 9 heteroatoms. The minimum atomic E-state index is -4.45. The van der Waals surface area contributed by atoms with Crippen LogP contribution in [0.1, 0.15) is 5.69 Å². The van der Waals surface area contributed by atoms with E-state index in [1.165, 1.54) is 6.20 Å². The number of hydrogen-bond acceptors (Lipinski definition) is 4. The molecule has 0 unspecified atom stereocenters. The van der Waals surface area contributed by atoms with Crippen molar-refractivity contribution in [1.29, 1.82) is 0 Å². The quantitative estimate of drug-likeness (QED) is 0.819. The Hall–Kier alpha value is -1.61. The van der Waals surface area contributed by atoms with Crippen molar-refractivity contribution in [3.63, 3.8) is 0 Å². The standard InChI is InChI=1S/C12H17F3N4O2/c1-17(8-11(20)18-4-6-21-7-5-18)9-19-3-2-10(16-19)12(13,14)15/h2-3H,4-9H2,1H3.